The highest BCUT2D eigenvalue weighted by Crippen LogP contribution is 2.23. The maximum atomic E-state index is 11.9. The average molecular weight is 258 g/mol. The number of amides is 2. The molecule has 1 rings (SSSR count). The Morgan fingerprint density at radius 1 is 1.44 bits per heavy atom. The molecule has 0 aromatic rings. The Hall–Kier alpha value is -1.30. The summed E-state index contributed by atoms with van der Waals surface area (Å²) in [5, 5.41) is 11.8. The van der Waals surface area contributed by atoms with Gasteiger partial charge in [-0.3, -0.25) is 4.79 Å². The molecule has 0 aromatic heterocycles. The van der Waals surface area contributed by atoms with Crippen molar-refractivity contribution in [2.75, 3.05) is 26.7 Å². The van der Waals surface area contributed by atoms with Crippen LogP contribution in [0.1, 0.15) is 20.8 Å². The minimum absolute atomic E-state index is 0.0105. The molecule has 0 aromatic carbocycles. The predicted octanol–water partition coefficient (Wildman–Crippen LogP) is 0.773. The van der Waals surface area contributed by atoms with Crippen molar-refractivity contribution in [2.24, 2.45) is 11.8 Å². The number of nitrogens with zero attached hydrogens (tertiary/aromatic N) is 1. The van der Waals surface area contributed by atoms with E-state index in [9.17, 15) is 9.59 Å². The minimum atomic E-state index is -0.838. The summed E-state index contributed by atoms with van der Waals surface area (Å²) >= 11 is 0. The SMILES string of the molecule is COC(C)(C)CNC(=O)N1CC(C)C(C(=O)O)C1. The van der Waals surface area contributed by atoms with Crippen molar-refractivity contribution >= 4 is 12.0 Å². The van der Waals surface area contributed by atoms with Crippen LogP contribution in [0.5, 0.6) is 0 Å². The Morgan fingerprint density at radius 3 is 2.50 bits per heavy atom. The fraction of sp³-hybridized carbons (Fsp3) is 0.833. The molecule has 6 nitrogen and oxygen atoms in total. The lowest BCUT2D eigenvalue weighted by Crippen LogP contribution is -2.45. The van der Waals surface area contributed by atoms with Crippen LogP contribution in [0.25, 0.3) is 0 Å². The molecule has 2 N–H and O–H groups in total. The van der Waals surface area contributed by atoms with E-state index in [-0.39, 0.29) is 18.5 Å². The Morgan fingerprint density at radius 2 is 2.06 bits per heavy atom. The molecule has 1 aliphatic rings. The highest BCUT2D eigenvalue weighted by molar-refractivity contribution is 5.77. The zero-order chi connectivity index (χ0) is 13.9. The molecule has 104 valence electrons. The fourth-order valence-electron chi connectivity index (χ4n) is 1.93. The number of carbonyl (C=O) groups excluding carboxylic acids is 1. The lowest BCUT2D eigenvalue weighted by Gasteiger charge is -2.25. The molecule has 2 amide bonds. The first-order valence-electron chi connectivity index (χ1n) is 6.07. The largest absolute Gasteiger partial charge is 0.481 e. The number of hydrogen-bond acceptors (Lipinski definition) is 3. The van der Waals surface area contributed by atoms with Gasteiger partial charge < -0.3 is 20.1 Å². The summed E-state index contributed by atoms with van der Waals surface area (Å²) in [5.41, 5.74) is -0.423. The summed E-state index contributed by atoms with van der Waals surface area (Å²) in [6, 6.07) is -0.226. The first-order valence-corrected chi connectivity index (χ1v) is 6.07. The van der Waals surface area contributed by atoms with Crippen molar-refractivity contribution in [3.63, 3.8) is 0 Å². The Kier molecular flexibility index (Phi) is 4.56. The van der Waals surface area contributed by atoms with Gasteiger partial charge in [0, 0.05) is 26.7 Å². The summed E-state index contributed by atoms with van der Waals surface area (Å²) in [7, 11) is 1.59. The second kappa shape index (κ2) is 5.56. The molecule has 1 fully saturated rings. The summed E-state index contributed by atoms with van der Waals surface area (Å²) in [6.45, 7) is 6.75. The third-order valence-corrected chi connectivity index (χ3v) is 3.43. The normalized spacial score (nSPS) is 24.1. The number of ether oxygens (including phenoxy) is 1. The number of carbonyl (C=O) groups is 2. The van der Waals surface area contributed by atoms with E-state index >= 15 is 0 Å². The number of likely N-dealkylation sites (tertiary alicyclic amines) is 1. The number of carboxylic acids is 1. The van der Waals surface area contributed by atoms with Crippen LogP contribution in [0.3, 0.4) is 0 Å². The lowest BCUT2D eigenvalue weighted by molar-refractivity contribution is -0.142. The van der Waals surface area contributed by atoms with Crippen LogP contribution in [0, 0.1) is 11.8 Å². The highest BCUT2D eigenvalue weighted by atomic mass is 16.5. The van der Waals surface area contributed by atoms with Crippen molar-refractivity contribution in [2.45, 2.75) is 26.4 Å². The molecule has 2 unspecified atom stereocenters. The van der Waals surface area contributed by atoms with E-state index < -0.39 is 17.5 Å². The number of nitrogens with one attached hydrogen (secondary N) is 1. The summed E-state index contributed by atoms with van der Waals surface area (Å²) < 4.78 is 5.20. The monoisotopic (exact) mass is 258 g/mol. The summed E-state index contributed by atoms with van der Waals surface area (Å²) in [6.07, 6.45) is 0. The Balaban J connectivity index is 2.47. The van der Waals surface area contributed by atoms with Gasteiger partial charge in [0.25, 0.3) is 0 Å². The number of rotatable bonds is 4. The number of aliphatic carboxylic acids is 1. The maximum Gasteiger partial charge on any atom is 0.317 e. The van der Waals surface area contributed by atoms with E-state index in [1.54, 1.807) is 12.0 Å². The number of methoxy groups -OCH3 is 1. The summed E-state index contributed by atoms with van der Waals surface area (Å²) in [4.78, 5) is 24.4. The van der Waals surface area contributed by atoms with Gasteiger partial charge in [-0.05, 0) is 19.8 Å². The highest BCUT2D eigenvalue weighted by Gasteiger charge is 2.37. The Labute approximate surface area is 107 Å². The van der Waals surface area contributed by atoms with Gasteiger partial charge in [-0.15, -0.1) is 0 Å². The quantitative estimate of drug-likeness (QED) is 0.780. The van der Waals surface area contributed by atoms with Gasteiger partial charge in [-0.1, -0.05) is 6.92 Å². The van der Waals surface area contributed by atoms with Crippen molar-refractivity contribution in [1.29, 1.82) is 0 Å². The second-order valence-corrected chi connectivity index (χ2v) is 5.45. The molecule has 0 saturated carbocycles. The molecule has 2 atom stereocenters. The zero-order valence-electron chi connectivity index (χ0n) is 11.4. The average Bonchev–Trinajstić information content (AvgIpc) is 2.68. The molecule has 0 spiro atoms. The van der Waals surface area contributed by atoms with Gasteiger partial charge in [0.1, 0.15) is 0 Å². The third kappa shape index (κ3) is 3.60. The molecule has 6 heteroatoms. The zero-order valence-corrected chi connectivity index (χ0v) is 11.4. The lowest BCUT2D eigenvalue weighted by atomic mass is 9.99. The second-order valence-electron chi connectivity index (χ2n) is 5.45. The van der Waals surface area contributed by atoms with E-state index in [0.29, 0.717) is 13.1 Å². The van der Waals surface area contributed by atoms with Crippen molar-refractivity contribution in [3.8, 4) is 0 Å². The van der Waals surface area contributed by atoms with Crippen molar-refractivity contribution < 1.29 is 19.4 Å². The maximum absolute atomic E-state index is 11.9. The van der Waals surface area contributed by atoms with Crippen LogP contribution in [-0.4, -0.2) is 54.4 Å². The van der Waals surface area contributed by atoms with E-state index in [0.717, 1.165) is 0 Å². The number of carboxylic acid groups (broad SMARTS) is 1. The predicted molar refractivity (Wildman–Crippen MR) is 66.3 cm³/mol. The summed E-state index contributed by atoms with van der Waals surface area (Å²) in [5.74, 6) is -1.31. The standard InChI is InChI=1S/C12H22N2O4/c1-8-5-14(6-9(8)10(15)16)11(17)13-7-12(2,3)18-4/h8-9H,5-7H2,1-4H3,(H,13,17)(H,15,16). The molecule has 18 heavy (non-hydrogen) atoms. The number of hydrogen-bond donors (Lipinski definition) is 2. The molecule has 0 radical (unpaired) electrons. The topological polar surface area (TPSA) is 78.9 Å². The van der Waals surface area contributed by atoms with Crippen molar-refractivity contribution in [1.82, 2.24) is 10.2 Å². The van der Waals surface area contributed by atoms with Crippen LogP contribution >= 0.6 is 0 Å². The Bertz CT molecular complexity index is 330. The molecule has 1 saturated heterocycles. The van der Waals surface area contributed by atoms with E-state index in [1.165, 1.54) is 0 Å². The number of urea groups is 1. The molecular weight excluding hydrogens is 236 g/mol. The molecular formula is C12H22N2O4. The first kappa shape index (κ1) is 14.8. The van der Waals surface area contributed by atoms with Crippen LogP contribution in [0.2, 0.25) is 0 Å². The van der Waals surface area contributed by atoms with E-state index in [2.05, 4.69) is 5.32 Å². The molecule has 0 bridgehead atoms. The third-order valence-electron chi connectivity index (χ3n) is 3.43. The van der Waals surface area contributed by atoms with Gasteiger partial charge in [-0.25, -0.2) is 4.79 Å². The van der Waals surface area contributed by atoms with Crippen molar-refractivity contribution in [3.05, 3.63) is 0 Å². The van der Waals surface area contributed by atoms with Crippen LogP contribution in [0.15, 0.2) is 0 Å². The van der Waals surface area contributed by atoms with E-state index in [1.807, 2.05) is 20.8 Å². The smallest absolute Gasteiger partial charge is 0.317 e. The van der Waals surface area contributed by atoms with Gasteiger partial charge in [0.05, 0.1) is 11.5 Å². The molecule has 1 heterocycles. The van der Waals surface area contributed by atoms with Gasteiger partial charge >= 0.3 is 12.0 Å². The van der Waals surface area contributed by atoms with Gasteiger partial charge in [-0.2, -0.15) is 0 Å². The van der Waals surface area contributed by atoms with E-state index in [4.69, 9.17) is 9.84 Å². The van der Waals surface area contributed by atoms with Crippen LogP contribution in [-0.2, 0) is 9.53 Å². The fourth-order valence-corrected chi connectivity index (χ4v) is 1.93. The molecule has 0 aliphatic carbocycles. The van der Waals surface area contributed by atoms with Gasteiger partial charge in [0.2, 0.25) is 0 Å². The first-order chi connectivity index (χ1) is 8.26. The van der Waals surface area contributed by atoms with Crippen LogP contribution < -0.4 is 5.32 Å². The molecule has 1 aliphatic heterocycles. The van der Waals surface area contributed by atoms with Crippen LogP contribution in [0.4, 0.5) is 4.79 Å². The minimum Gasteiger partial charge on any atom is -0.481 e. The van der Waals surface area contributed by atoms with Gasteiger partial charge in [0.15, 0.2) is 0 Å².